The van der Waals surface area contributed by atoms with Crippen LogP contribution in [0.25, 0.3) is 0 Å². The predicted molar refractivity (Wildman–Crippen MR) is 72.1 cm³/mol. The predicted octanol–water partition coefficient (Wildman–Crippen LogP) is 0.985. The monoisotopic (exact) mass is 238 g/mol. The zero-order valence-corrected chi connectivity index (χ0v) is 11.2. The molecule has 2 unspecified atom stereocenters. The molecule has 2 heterocycles. The first-order chi connectivity index (χ1) is 8.15. The van der Waals surface area contributed by atoms with Gasteiger partial charge in [0.2, 0.25) is 0 Å². The molecule has 2 fully saturated rings. The van der Waals surface area contributed by atoms with Gasteiger partial charge in [-0.25, -0.2) is 0 Å². The molecule has 2 atom stereocenters. The summed E-state index contributed by atoms with van der Waals surface area (Å²) in [5, 5.41) is 0. The molecule has 4 nitrogen and oxygen atoms in total. The van der Waals surface area contributed by atoms with E-state index in [1.807, 2.05) is 0 Å². The van der Waals surface area contributed by atoms with Gasteiger partial charge in [-0.05, 0) is 44.7 Å². The Labute approximate surface area is 105 Å². The van der Waals surface area contributed by atoms with Gasteiger partial charge in [-0.3, -0.25) is 4.99 Å². The van der Waals surface area contributed by atoms with Gasteiger partial charge in [0.1, 0.15) is 0 Å². The molecule has 0 aromatic heterocycles. The average Bonchev–Trinajstić information content (AvgIpc) is 2.72. The largest absolute Gasteiger partial charge is 0.370 e. The Balaban J connectivity index is 1.80. The third-order valence-corrected chi connectivity index (χ3v) is 3.98. The van der Waals surface area contributed by atoms with Crippen LogP contribution in [0.3, 0.4) is 0 Å². The van der Waals surface area contributed by atoms with E-state index < -0.39 is 0 Å². The van der Waals surface area contributed by atoms with Gasteiger partial charge in [-0.15, -0.1) is 0 Å². The Morgan fingerprint density at radius 1 is 1.29 bits per heavy atom. The number of guanidine groups is 1. The van der Waals surface area contributed by atoms with Crippen molar-refractivity contribution in [2.24, 2.45) is 22.6 Å². The normalized spacial score (nSPS) is 32.1. The van der Waals surface area contributed by atoms with Crippen LogP contribution in [0.1, 0.15) is 26.2 Å². The van der Waals surface area contributed by atoms with E-state index in [1.54, 1.807) is 0 Å². The molecule has 0 bridgehead atoms. The van der Waals surface area contributed by atoms with Crippen molar-refractivity contribution < 1.29 is 0 Å². The molecule has 4 heteroatoms. The third kappa shape index (κ3) is 3.60. The summed E-state index contributed by atoms with van der Waals surface area (Å²) >= 11 is 0. The molecule has 2 aliphatic rings. The summed E-state index contributed by atoms with van der Waals surface area (Å²) in [7, 11) is 2.18. The van der Waals surface area contributed by atoms with Crippen LogP contribution in [0, 0.1) is 11.8 Å². The van der Waals surface area contributed by atoms with E-state index in [2.05, 4.69) is 28.8 Å². The molecule has 0 radical (unpaired) electrons. The van der Waals surface area contributed by atoms with Crippen LogP contribution < -0.4 is 5.73 Å². The number of nitrogens with two attached hydrogens (primary N) is 1. The van der Waals surface area contributed by atoms with Crippen molar-refractivity contribution in [1.29, 1.82) is 0 Å². The minimum absolute atomic E-state index is 0.709. The van der Waals surface area contributed by atoms with Gasteiger partial charge in [0.05, 0.1) is 0 Å². The Hall–Kier alpha value is -0.770. The van der Waals surface area contributed by atoms with Crippen molar-refractivity contribution >= 4 is 5.96 Å². The number of hydrogen-bond donors (Lipinski definition) is 1. The fourth-order valence-corrected chi connectivity index (χ4v) is 2.90. The lowest BCUT2D eigenvalue weighted by atomic mass is 10.0. The van der Waals surface area contributed by atoms with Crippen molar-refractivity contribution in [3.63, 3.8) is 0 Å². The topological polar surface area (TPSA) is 44.9 Å². The number of likely N-dealkylation sites (tertiary alicyclic amines) is 2. The van der Waals surface area contributed by atoms with Crippen LogP contribution in [-0.4, -0.2) is 55.5 Å². The summed E-state index contributed by atoms with van der Waals surface area (Å²) in [4.78, 5) is 9.22. The Bertz CT molecular complexity index is 277. The first-order valence-corrected chi connectivity index (χ1v) is 6.88. The zero-order chi connectivity index (χ0) is 12.3. The highest BCUT2D eigenvalue weighted by Crippen LogP contribution is 2.16. The SMILES string of the molecule is CC1CCCN(C(N)=NCC2CCN(C)C2)C1. The van der Waals surface area contributed by atoms with Crippen molar-refractivity contribution in [2.75, 3.05) is 39.8 Å². The van der Waals surface area contributed by atoms with Crippen LogP contribution in [0.15, 0.2) is 4.99 Å². The van der Waals surface area contributed by atoms with Crippen LogP contribution in [0.5, 0.6) is 0 Å². The fraction of sp³-hybridized carbons (Fsp3) is 0.923. The van der Waals surface area contributed by atoms with Gasteiger partial charge < -0.3 is 15.5 Å². The summed E-state index contributed by atoms with van der Waals surface area (Å²) in [5.41, 5.74) is 6.09. The van der Waals surface area contributed by atoms with Gasteiger partial charge >= 0.3 is 0 Å². The van der Waals surface area contributed by atoms with E-state index in [4.69, 9.17) is 5.73 Å². The van der Waals surface area contributed by atoms with Gasteiger partial charge in [0, 0.05) is 26.2 Å². The van der Waals surface area contributed by atoms with E-state index >= 15 is 0 Å². The van der Waals surface area contributed by atoms with Crippen LogP contribution in [0.4, 0.5) is 0 Å². The highest BCUT2D eigenvalue weighted by Gasteiger charge is 2.20. The Morgan fingerprint density at radius 3 is 2.76 bits per heavy atom. The molecular formula is C13H26N4. The van der Waals surface area contributed by atoms with Gasteiger partial charge in [0.15, 0.2) is 5.96 Å². The molecule has 0 spiro atoms. The van der Waals surface area contributed by atoms with E-state index in [1.165, 1.54) is 32.4 Å². The lowest BCUT2D eigenvalue weighted by Gasteiger charge is -2.31. The molecule has 0 amide bonds. The fourth-order valence-electron chi connectivity index (χ4n) is 2.90. The molecule has 0 aromatic rings. The highest BCUT2D eigenvalue weighted by atomic mass is 15.3. The second-order valence-corrected chi connectivity index (χ2v) is 5.81. The molecule has 98 valence electrons. The van der Waals surface area contributed by atoms with Gasteiger partial charge in [-0.1, -0.05) is 6.92 Å². The zero-order valence-electron chi connectivity index (χ0n) is 11.2. The van der Waals surface area contributed by atoms with Gasteiger partial charge in [-0.2, -0.15) is 0 Å². The molecule has 2 saturated heterocycles. The van der Waals surface area contributed by atoms with Gasteiger partial charge in [0.25, 0.3) is 0 Å². The van der Waals surface area contributed by atoms with Crippen LogP contribution >= 0.6 is 0 Å². The van der Waals surface area contributed by atoms with E-state index in [9.17, 15) is 0 Å². The molecule has 0 aliphatic carbocycles. The number of rotatable bonds is 2. The molecule has 2 rings (SSSR count). The minimum Gasteiger partial charge on any atom is -0.370 e. The lowest BCUT2D eigenvalue weighted by Crippen LogP contribution is -2.43. The van der Waals surface area contributed by atoms with Crippen molar-refractivity contribution in [3.8, 4) is 0 Å². The van der Waals surface area contributed by atoms with Crippen LogP contribution in [-0.2, 0) is 0 Å². The van der Waals surface area contributed by atoms with Crippen molar-refractivity contribution in [3.05, 3.63) is 0 Å². The average molecular weight is 238 g/mol. The maximum Gasteiger partial charge on any atom is 0.191 e. The summed E-state index contributed by atoms with van der Waals surface area (Å²) in [6.07, 6.45) is 3.85. The van der Waals surface area contributed by atoms with Crippen LogP contribution in [0.2, 0.25) is 0 Å². The summed E-state index contributed by atoms with van der Waals surface area (Å²) < 4.78 is 0. The smallest absolute Gasteiger partial charge is 0.191 e. The summed E-state index contributed by atoms with van der Waals surface area (Å²) in [6.45, 7) is 7.75. The molecule has 2 N–H and O–H groups in total. The number of hydrogen-bond acceptors (Lipinski definition) is 2. The first kappa shape index (κ1) is 12.7. The summed E-state index contributed by atoms with van der Waals surface area (Å²) in [6, 6.07) is 0. The maximum absolute atomic E-state index is 6.09. The van der Waals surface area contributed by atoms with Crippen molar-refractivity contribution in [2.45, 2.75) is 26.2 Å². The molecule has 17 heavy (non-hydrogen) atoms. The quantitative estimate of drug-likeness (QED) is 0.576. The molecule has 0 saturated carbocycles. The molecule has 0 aromatic carbocycles. The number of piperidine rings is 1. The number of aliphatic imine (C=N–C) groups is 1. The lowest BCUT2D eigenvalue weighted by molar-refractivity contribution is 0.270. The Morgan fingerprint density at radius 2 is 2.12 bits per heavy atom. The summed E-state index contributed by atoms with van der Waals surface area (Å²) in [5.74, 6) is 2.24. The van der Waals surface area contributed by atoms with Crippen molar-refractivity contribution in [1.82, 2.24) is 9.80 Å². The Kier molecular flexibility index (Phi) is 4.26. The maximum atomic E-state index is 6.09. The highest BCUT2D eigenvalue weighted by molar-refractivity contribution is 5.78. The second kappa shape index (κ2) is 5.71. The minimum atomic E-state index is 0.709. The molecular weight excluding hydrogens is 212 g/mol. The standard InChI is InChI=1S/C13H26N4/c1-11-4-3-6-17(9-11)13(14)15-8-12-5-7-16(2)10-12/h11-12H,3-10H2,1-2H3,(H2,14,15). The second-order valence-electron chi connectivity index (χ2n) is 5.81. The van der Waals surface area contributed by atoms with E-state index in [0.29, 0.717) is 5.92 Å². The molecule has 2 aliphatic heterocycles. The number of nitrogens with zero attached hydrogens (tertiary/aromatic N) is 3. The van der Waals surface area contributed by atoms with E-state index in [-0.39, 0.29) is 0 Å². The van der Waals surface area contributed by atoms with E-state index in [0.717, 1.165) is 31.5 Å². The third-order valence-electron chi connectivity index (χ3n) is 3.98. The first-order valence-electron chi connectivity index (χ1n) is 6.88.